The van der Waals surface area contributed by atoms with Crippen molar-refractivity contribution in [2.24, 2.45) is 0 Å². The number of rotatable bonds is 9. The molecule has 1 fully saturated rings. The molecule has 0 bridgehead atoms. The minimum atomic E-state index is -3.28. The number of carbonyl (C=O) groups excluding carboxylic acids is 1. The van der Waals surface area contributed by atoms with E-state index in [9.17, 15) is 13.2 Å². The second kappa shape index (κ2) is 9.38. The lowest BCUT2D eigenvalue weighted by molar-refractivity contribution is -0.121. The predicted octanol–water partition coefficient (Wildman–Crippen LogP) is 0.743. The fourth-order valence-electron chi connectivity index (χ4n) is 2.31. The Morgan fingerprint density at radius 1 is 1.38 bits per heavy atom. The second-order valence-corrected chi connectivity index (χ2v) is 7.70. The third-order valence-corrected chi connectivity index (χ3v) is 5.26. The van der Waals surface area contributed by atoms with Gasteiger partial charge >= 0.3 is 0 Å². The van der Waals surface area contributed by atoms with E-state index in [1.165, 1.54) is 12.8 Å². The monoisotopic (exact) mass is 319 g/mol. The summed E-state index contributed by atoms with van der Waals surface area (Å²) < 4.78 is 26.2. The molecule has 0 aromatic carbocycles. The van der Waals surface area contributed by atoms with Crippen LogP contribution in [0.5, 0.6) is 0 Å². The zero-order valence-corrected chi connectivity index (χ0v) is 14.0. The Balaban J connectivity index is 2.18. The fraction of sp³-hybridized carbons (Fsp3) is 0.929. The molecule has 124 valence electrons. The molecule has 0 radical (unpaired) electrons. The molecule has 7 heteroatoms. The maximum Gasteiger partial charge on any atom is 0.221 e. The van der Waals surface area contributed by atoms with E-state index in [1.807, 2.05) is 13.8 Å². The average Bonchev–Trinajstić information content (AvgIpc) is 2.46. The standard InChI is InChI=1S/C14H29N3O3S/c1-3-12(2)17-14(18)7-10-16-21(19,20)11-8-13-6-4-5-9-15-13/h12-13,15-16H,3-11H2,1-2H3,(H,17,18). The molecule has 1 amide bonds. The van der Waals surface area contributed by atoms with Crippen molar-refractivity contribution in [3.8, 4) is 0 Å². The molecule has 0 aromatic heterocycles. The lowest BCUT2D eigenvalue weighted by Gasteiger charge is -2.23. The number of piperidine rings is 1. The van der Waals surface area contributed by atoms with Crippen molar-refractivity contribution < 1.29 is 13.2 Å². The maximum absolute atomic E-state index is 11.9. The zero-order chi connectivity index (χ0) is 15.7. The quantitative estimate of drug-likeness (QED) is 0.585. The van der Waals surface area contributed by atoms with Crippen molar-refractivity contribution in [3.05, 3.63) is 0 Å². The molecule has 1 aliphatic heterocycles. The van der Waals surface area contributed by atoms with Crippen LogP contribution in [0.1, 0.15) is 52.4 Å². The molecule has 2 atom stereocenters. The van der Waals surface area contributed by atoms with Gasteiger partial charge < -0.3 is 10.6 Å². The van der Waals surface area contributed by atoms with E-state index in [0.717, 1.165) is 19.4 Å². The lowest BCUT2D eigenvalue weighted by Crippen LogP contribution is -2.38. The third kappa shape index (κ3) is 8.38. The first kappa shape index (κ1) is 18.4. The van der Waals surface area contributed by atoms with E-state index < -0.39 is 10.0 Å². The molecule has 0 spiro atoms. The highest BCUT2D eigenvalue weighted by molar-refractivity contribution is 7.89. The smallest absolute Gasteiger partial charge is 0.221 e. The molecule has 1 heterocycles. The third-order valence-electron chi connectivity index (χ3n) is 3.84. The van der Waals surface area contributed by atoms with E-state index in [2.05, 4.69) is 15.4 Å². The minimum Gasteiger partial charge on any atom is -0.354 e. The van der Waals surface area contributed by atoms with Crippen LogP contribution in [-0.2, 0) is 14.8 Å². The van der Waals surface area contributed by atoms with Crippen molar-refractivity contribution in [2.45, 2.75) is 64.5 Å². The Hall–Kier alpha value is -0.660. The van der Waals surface area contributed by atoms with Gasteiger partial charge in [-0.05, 0) is 39.2 Å². The average molecular weight is 319 g/mol. The summed E-state index contributed by atoms with van der Waals surface area (Å²) in [6.07, 6.45) is 5.08. The SMILES string of the molecule is CCC(C)NC(=O)CCNS(=O)(=O)CCC1CCCCN1. The van der Waals surface area contributed by atoms with Gasteiger partial charge in [-0.15, -0.1) is 0 Å². The molecule has 2 unspecified atom stereocenters. The van der Waals surface area contributed by atoms with Gasteiger partial charge in [-0.25, -0.2) is 13.1 Å². The molecule has 3 N–H and O–H groups in total. The van der Waals surface area contributed by atoms with Crippen LogP contribution in [0, 0.1) is 0 Å². The first-order valence-electron chi connectivity index (χ1n) is 7.93. The summed E-state index contributed by atoms with van der Waals surface area (Å²) in [5.41, 5.74) is 0. The number of nitrogens with one attached hydrogen (secondary N) is 3. The second-order valence-electron chi connectivity index (χ2n) is 5.78. The number of amides is 1. The van der Waals surface area contributed by atoms with Gasteiger partial charge in [-0.3, -0.25) is 4.79 Å². The van der Waals surface area contributed by atoms with Crippen molar-refractivity contribution in [1.82, 2.24) is 15.4 Å². The van der Waals surface area contributed by atoms with Gasteiger partial charge in [0.25, 0.3) is 0 Å². The molecular formula is C14H29N3O3S. The molecule has 1 rings (SSSR count). The minimum absolute atomic E-state index is 0.110. The molecular weight excluding hydrogens is 290 g/mol. The van der Waals surface area contributed by atoms with Crippen LogP contribution in [0.4, 0.5) is 0 Å². The normalized spacial score (nSPS) is 21.0. The van der Waals surface area contributed by atoms with Crippen molar-refractivity contribution >= 4 is 15.9 Å². The van der Waals surface area contributed by atoms with Gasteiger partial charge in [0.2, 0.25) is 15.9 Å². The summed E-state index contributed by atoms with van der Waals surface area (Å²) in [7, 11) is -3.28. The van der Waals surface area contributed by atoms with Crippen molar-refractivity contribution in [1.29, 1.82) is 0 Å². The van der Waals surface area contributed by atoms with Crippen LogP contribution < -0.4 is 15.4 Å². The van der Waals surface area contributed by atoms with Crippen LogP contribution >= 0.6 is 0 Å². The van der Waals surface area contributed by atoms with Crippen LogP contribution in [0.3, 0.4) is 0 Å². The summed E-state index contributed by atoms with van der Waals surface area (Å²) in [6, 6.07) is 0.440. The topological polar surface area (TPSA) is 87.3 Å². The number of carbonyl (C=O) groups is 1. The number of hydrogen-bond donors (Lipinski definition) is 3. The summed E-state index contributed by atoms with van der Waals surface area (Å²) in [4.78, 5) is 11.5. The highest BCUT2D eigenvalue weighted by atomic mass is 32.2. The molecule has 1 aliphatic rings. The van der Waals surface area contributed by atoms with Gasteiger partial charge in [0, 0.05) is 25.0 Å². The summed E-state index contributed by atoms with van der Waals surface area (Å²) in [6.45, 7) is 5.07. The molecule has 1 saturated heterocycles. The van der Waals surface area contributed by atoms with Gasteiger partial charge in [0.05, 0.1) is 5.75 Å². The zero-order valence-electron chi connectivity index (χ0n) is 13.2. The lowest BCUT2D eigenvalue weighted by atomic mass is 10.0. The Kier molecular flexibility index (Phi) is 8.21. The van der Waals surface area contributed by atoms with Crippen LogP contribution in [0.15, 0.2) is 0 Å². The molecule has 0 aliphatic carbocycles. The van der Waals surface area contributed by atoms with E-state index in [1.54, 1.807) is 0 Å². The summed E-state index contributed by atoms with van der Waals surface area (Å²) in [5, 5.41) is 6.15. The van der Waals surface area contributed by atoms with Crippen molar-refractivity contribution in [2.75, 3.05) is 18.8 Å². The number of hydrogen-bond acceptors (Lipinski definition) is 4. The highest BCUT2D eigenvalue weighted by Gasteiger charge is 2.17. The number of sulfonamides is 1. The van der Waals surface area contributed by atoms with Crippen molar-refractivity contribution in [3.63, 3.8) is 0 Å². The van der Waals surface area contributed by atoms with Crippen LogP contribution in [0.2, 0.25) is 0 Å². The fourth-order valence-corrected chi connectivity index (χ4v) is 3.46. The Labute approximate surface area is 128 Å². The maximum atomic E-state index is 11.9. The van der Waals surface area contributed by atoms with Gasteiger partial charge in [-0.2, -0.15) is 0 Å². The molecule has 0 saturated carbocycles. The Morgan fingerprint density at radius 3 is 2.76 bits per heavy atom. The first-order chi connectivity index (χ1) is 9.93. The highest BCUT2D eigenvalue weighted by Crippen LogP contribution is 2.10. The summed E-state index contributed by atoms with van der Waals surface area (Å²) in [5.74, 6) is 0.0125. The van der Waals surface area contributed by atoms with Gasteiger partial charge in [0.15, 0.2) is 0 Å². The Bertz CT molecular complexity index is 406. The Morgan fingerprint density at radius 2 is 2.14 bits per heavy atom. The molecule has 6 nitrogen and oxygen atoms in total. The van der Waals surface area contributed by atoms with E-state index in [-0.39, 0.29) is 30.7 Å². The largest absolute Gasteiger partial charge is 0.354 e. The predicted molar refractivity (Wildman–Crippen MR) is 84.6 cm³/mol. The molecule has 0 aromatic rings. The van der Waals surface area contributed by atoms with Gasteiger partial charge in [0.1, 0.15) is 0 Å². The van der Waals surface area contributed by atoms with Crippen LogP contribution in [0.25, 0.3) is 0 Å². The summed E-state index contributed by atoms with van der Waals surface area (Å²) >= 11 is 0. The van der Waals surface area contributed by atoms with Crippen LogP contribution in [-0.4, -0.2) is 45.3 Å². The van der Waals surface area contributed by atoms with E-state index in [0.29, 0.717) is 12.5 Å². The van der Waals surface area contributed by atoms with Gasteiger partial charge in [-0.1, -0.05) is 13.3 Å². The van der Waals surface area contributed by atoms with E-state index >= 15 is 0 Å². The first-order valence-corrected chi connectivity index (χ1v) is 9.58. The van der Waals surface area contributed by atoms with E-state index in [4.69, 9.17) is 0 Å². The molecule has 21 heavy (non-hydrogen) atoms.